The Labute approximate surface area is 123 Å². The highest BCUT2D eigenvalue weighted by molar-refractivity contribution is 5.47. The minimum Gasteiger partial charge on any atom is -0.484 e. The van der Waals surface area contributed by atoms with Crippen molar-refractivity contribution in [3.05, 3.63) is 24.3 Å². The first-order valence-corrected chi connectivity index (χ1v) is 7.30. The second-order valence-electron chi connectivity index (χ2n) is 6.53. The van der Waals surface area contributed by atoms with E-state index in [4.69, 9.17) is 4.74 Å². The van der Waals surface area contributed by atoms with E-state index in [1.807, 2.05) is 0 Å². The van der Waals surface area contributed by atoms with E-state index in [-0.39, 0.29) is 5.75 Å². The number of nitrogens with one attached hydrogen (secondary N) is 1. The lowest BCUT2D eigenvalue weighted by molar-refractivity contribution is -0.153. The molecule has 2 rings (SSSR count). The molecule has 1 N–H and O–H groups in total. The molecular formula is C16H22F3NO. The number of rotatable bonds is 4. The fraction of sp³-hybridized carbons (Fsp3) is 0.625. The van der Waals surface area contributed by atoms with Gasteiger partial charge in [0, 0.05) is 11.7 Å². The monoisotopic (exact) mass is 301 g/mol. The van der Waals surface area contributed by atoms with Gasteiger partial charge in [-0.15, -0.1) is 0 Å². The van der Waals surface area contributed by atoms with Gasteiger partial charge in [-0.25, -0.2) is 0 Å². The number of anilines is 1. The van der Waals surface area contributed by atoms with Gasteiger partial charge >= 0.3 is 6.18 Å². The van der Waals surface area contributed by atoms with Gasteiger partial charge in [0.15, 0.2) is 6.61 Å². The summed E-state index contributed by atoms with van der Waals surface area (Å²) in [5.41, 5.74) is 1.28. The quantitative estimate of drug-likeness (QED) is 0.844. The molecule has 0 spiro atoms. The van der Waals surface area contributed by atoms with E-state index in [9.17, 15) is 13.2 Å². The summed E-state index contributed by atoms with van der Waals surface area (Å²) in [5, 5.41) is 3.46. The van der Waals surface area contributed by atoms with Crippen LogP contribution in [-0.4, -0.2) is 18.8 Å². The first-order chi connectivity index (χ1) is 9.73. The van der Waals surface area contributed by atoms with Crippen LogP contribution in [0.4, 0.5) is 18.9 Å². The van der Waals surface area contributed by atoms with Gasteiger partial charge in [-0.3, -0.25) is 0 Å². The van der Waals surface area contributed by atoms with Gasteiger partial charge in [-0.2, -0.15) is 13.2 Å². The molecule has 0 aromatic heterocycles. The molecule has 1 atom stereocenters. The predicted octanol–water partition coefficient (Wildman–Crippen LogP) is 5.01. The molecule has 1 fully saturated rings. The van der Waals surface area contributed by atoms with Crippen LogP contribution in [0.3, 0.4) is 0 Å². The minimum absolute atomic E-state index is 0.238. The summed E-state index contributed by atoms with van der Waals surface area (Å²) in [5.74, 6) is 0.238. The molecule has 0 saturated heterocycles. The lowest BCUT2D eigenvalue weighted by Crippen LogP contribution is -2.31. The maximum absolute atomic E-state index is 12.1. The third-order valence-corrected chi connectivity index (χ3v) is 3.83. The van der Waals surface area contributed by atoms with Gasteiger partial charge in [-0.05, 0) is 48.9 Å². The van der Waals surface area contributed by atoms with Crippen LogP contribution < -0.4 is 10.1 Å². The molecule has 1 aliphatic rings. The zero-order valence-electron chi connectivity index (χ0n) is 12.5. The van der Waals surface area contributed by atoms with Crippen LogP contribution in [0.15, 0.2) is 24.3 Å². The van der Waals surface area contributed by atoms with Crippen molar-refractivity contribution < 1.29 is 17.9 Å². The van der Waals surface area contributed by atoms with Crippen molar-refractivity contribution in [2.75, 3.05) is 11.9 Å². The van der Waals surface area contributed by atoms with Crippen LogP contribution >= 0.6 is 0 Å². The molecule has 0 amide bonds. The van der Waals surface area contributed by atoms with Gasteiger partial charge in [-0.1, -0.05) is 20.3 Å². The minimum atomic E-state index is -4.30. The highest BCUT2D eigenvalue weighted by atomic mass is 19.4. The zero-order valence-corrected chi connectivity index (χ0v) is 12.5. The van der Waals surface area contributed by atoms with E-state index in [0.29, 0.717) is 11.5 Å². The molecule has 1 aromatic rings. The van der Waals surface area contributed by atoms with Gasteiger partial charge in [0.05, 0.1) is 0 Å². The lowest BCUT2D eigenvalue weighted by Gasteiger charge is -2.36. The smallest absolute Gasteiger partial charge is 0.422 e. The number of hydrogen-bond donors (Lipinski definition) is 1. The number of alkyl halides is 3. The van der Waals surface area contributed by atoms with E-state index in [0.717, 1.165) is 18.5 Å². The third-order valence-electron chi connectivity index (χ3n) is 3.83. The number of ether oxygens (including phenoxy) is 1. The highest BCUT2D eigenvalue weighted by Crippen LogP contribution is 2.36. The topological polar surface area (TPSA) is 21.3 Å². The first kappa shape index (κ1) is 16.0. The fourth-order valence-electron chi connectivity index (χ4n) is 2.87. The number of hydrogen-bond acceptors (Lipinski definition) is 2. The zero-order chi connectivity index (χ0) is 15.5. The van der Waals surface area contributed by atoms with E-state index >= 15 is 0 Å². The van der Waals surface area contributed by atoms with Crippen molar-refractivity contribution in [2.45, 2.75) is 51.7 Å². The van der Waals surface area contributed by atoms with Gasteiger partial charge in [0.25, 0.3) is 0 Å². The first-order valence-electron chi connectivity index (χ1n) is 7.30. The summed E-state index contributed by atoms with van der Waals surface area (Å²) in [7, 11) is 0. The van der Waals surface area contributed by atoms with Crippen molar-refractivity contribution in [3.63, 3.8) is 0 Å². The summed E-state index contributed by atoms with van der Waals surface area (Å²) in [6, 6.07) is 7.11. The molecule has 2 nitrogen and oxygen atoms in total. The molecule has 1 unspecified atom stereocenters. The van der Waals surface area contributed by atoms with Gasteiger partial charge in [0.2, 0.25) is 0 Å². The van der Waals surface area contributed by atoms with Crippen LogP contribution in [0.1, 0.15) is 39.5 Å². The summed E-state index contributed by atoms with van der Waals surface area (Å²) < 4.78 is 40.9. The Morgan fingerprint density at radius 2 is 1.90 bits per heavy atom. The van der Waals surface area contributed by atoms with Gasteiger partial charge < -0.3 is 10.1 Å². The Bertz CT molecular complexity index is 454. The van der Waals surface area contributed by atoms with E-state index in [1.54, 1.807) is 24.3 Å². The van der Waals surface area contributed by atoms with Crippen LogP contribution in [0.25, 0.3) is 0 Å². The molecular weight excluding hydrogens is 279 g/mol. The van der Waals surface area contributed by atoms with Crippen molar-refractivity contribution in [1.29, 1.82) is 0 Å². The third kappa shape index (κ3) is 5.48. The number of halogens is 3. The maximum Gasteiger partial charge on any atom is 0.422 e. The largest absolute Gasteiger partial charge is 0.484 e. The normalized spacial score (nSPS) is 21.9. The van der Waals surface area contributed by atoms with Gasteiger partial charge in [0.1, 0.15) is 5.75 Å². The van der Waals surface area contributed by atoms with E-state index < -0.39 is 12.8 Å². The molecule has 1 saturated carbocycles. The second-order valence-corrected chi connectivity index (χ2v) is 6.53. The molecule has 1 aliphatic carbocycles. The van der Waals surface area contributed by atoms with Crippen LogP contribution in [0.5, 0.6) is 5.75 Å². The predicted molar refractivity (Wildman–Crippen MR) is 77.7 cm³/mol. The van der Waals surface area contributed by atoms with Crippen LogP contribution in [0, 0.1) is 5.41 Å². The average Bonchev–Trinajstić information content (AvgIpc) is 2.36. The van der Waals surface area contributed by atoms with Crippen molar-refractivity contribution >= 4 is 5.69 Å². The summed E-state index contributed by atoms with van der Waals surface area (Å²) >= 11 is 0. The van der Waals surface area contributed by atoms with Crippen LogP contribution in [0.2, 0.25) is 0 Å². The van der Waals surface area contributed by atoms with E-state index in [2.05, 4.69) is 19.2 Å². The molecule has 21 heavy (non-hydrogen) atoms. The Kier molecular flexibility index (Phi) is 4.69. The Hall–Kier alpha value is -1.39. The van der Waals surface area contributed by atoms with E-state index in [1.165, 1.54) is 12.8 Å². The molecule has 0 aliphatic heterocycles. The fourth-order valence-corrected chi connectivity index (χ4v) is 2.87. The molecule has 0 radical (unpaired) electrons. The Balaban J connectivity index is 1.87. The highest BCUT2D eigenvalue weighted by Gasteiger charge is 2.29. The summed E-state index contributed by atoms with van der Waals surface area (Å²) in [4.78, 5) is 0. The number of benzene rings is 1. The molecule has 0 bridgehead atoms. The second kappa shape index (κ2) is 6.16. The van der Waals surface area contributed by atoms with Crippen LogP contribution in [-0.2, 0) is 0 Å². The average molecular weight is 301 g/mol. The summed E-state index contributed by atoms with van der Waals surface area (Å²) in [6.45, 7) is 3.29. The Morgan fingerprint density at radius 3 is 2.48 bits per heavy atom. The molecule has 5 heteroatoms. The van der Waals surface area contributed by atoms with Crippen molar-refractivity contribution in [2.24, 2.45) is 5.41 Å². The standard InChI is InChI=1S/C16H22F3NO/c1-15(2)9-3-4-13(10-15)20-12-5-7-14(8-6-12)21-11-16(17,18)19/h5-8,13,20H,3-4,9-11H2,1-2H3. The molecule has 1 aromatic carbocycles. The SMILES string of the molecule is CC1(C)CCCC(Nc2ccc(OCC(F)(F)F)cc2)C1. The lowest BCUT2D eigenvalue weighted by atomic mass is 9.75. The summed E-state index contributed by atoms with van der Waals surface area (Å²) in [6.07, 6.45) is 0.395. The molecule has 118 valence electrons. The Morgan fingerprint density at radius 1 is 1.24 bits per heavy atom. The van der Waals surface area contributed by atoms with Crippen molar-refractivity contribution in [1.82, 2.24) is 0 Å². The molecule has 0 heterocycles. The maximum atomic E-state index is 12.1. The van der Waals surface area contributed by atoms with Crippen molar-refractivity contribution in [3.8, 4) is 5.75 Å².